The molecule has 6 nitrogen and oxygen atoms in total. The van der Waals surface area contributed by atoms with Crippen LogP contribution in [0.1, 0.15) is 27.6 Å². The highest BCUT2D eigenvalue weighted by atomic mass is 35.5. The molecule has 34 heavy (non-hydrogen) atoms. The van der Waals surface area contributed by atoms with Crippen LogP contribution < -0.4 is 4.74 Å². The van der Waals surface area contributed by atoms with Gasteiger partial charge in [-0.15, -0.1) is 0 Å². The first-order chi connectivity index (χ1) is 16.5. The third-order valence-corrected chi connectivity index (χ3v) is 6.32. The van der Waals surface area contributed by atoms with E-state index in [9.17, 15) is 4.79 Å². The predicted molar refractivity (Wildman–Crippen MR) is 134 cm³/mol. The number of piperazine rings is 1. The Labute approximate surface area is 210 Å². The van der Waals surface area contributed by atoms with Gasteiger partial charge in [0.25, 0.3) is 5.91 Å². The summed E-state index contributed by atoms with van der Waals surface area (Å²) in [5, 5.41) is 1.07. The van der Waals surface area contributed by atoms with Crippen LogP contribution in [0.4, 0.5) is 0 Å². The van der Waals surface area contributed by atoms with Crippen LogP contribution in [0, 0.1) is 0 Å². The Morgan fingerprint density at radius 1 is 1.03 bits per heavy atom. The molecule has 1 saturated heterocycles. The number of methoxy groups -OCH3 is 1. The Balaban J connectivity index is 1.40. The lowest BCUT2D eigenvalue weighted by Crippen LogP contribution is -2.49. The predicted octanol–water partition coefficient (Wildman–Crippen LogP) is 5.11. The zero-order valence-electron chi connectivity index (χ0n) is 19.0. The highest BCUT2D eigenvalue weighted by Crippen LogP contribution is 2.25. The van der Waals surface area contributed by atoms with Gasteiger partial charge < -0.3 is 14.4 Å². The van der Waals surface area contributed by atoms with Crippen molar-refractivity contribution in [2.75, 3.05) is 39.8 Å². The van der Waals surface area contributed by atoms with E-state index in [0.717, 1.165) is 30.0 Å². The molecule has 0 unspecified atom stereocenters. The number of carbonyl (C=O) groups is 1. The number of nitrogens with zero attached hydrogens (tertiary/aromatic N) is 3. The van der Waals surface area contributed by atoms with E-state index in [-0.39, 0.29) is 12.0 Å². The van der Waals surface area contributed by atoms with E-state index in [4.69, 9.17) is 32.7 Å². The second kappa shape index (κ2) is 11.7. The van der Waals surface area contributed by atoms with Crippen molar-refractivity contribution in [2.24, 2.45) is 0 Å². The fraction of sp³-hybridized carbons (Fsp3) is 0.308. The van der Waals surface area contributed by atoms with E-state index < -0.39 is 0 Å². The highest BCUT2D eigenvalue weighted by molar-refractivity contribution is 6.30. The largest absolute Gasteiger partial charge is 0.497 e. The number of rotatable bonds is 8. The molecular weight excluding hydrogens is 473 g/mol. The first-order valence-electron chi connectivity index (χ1n) is 11.1. The first kappa shape index (κ1) is 24.5. The van der Waals surface area contributed by atoms with Crippen molar-refractivity contribution < 1.29 is 14.3 Å². The number of ether oxygens (including phenoxy) is 2. The van der Waals surface area contributed by atoms with Crippen LogP contribution in [0.5, 0.6) is 5.75 Å². The van der Waals surface area contributed by atoms with Gasteiger partial charge in [-0.2, -0.15) is 0 Å². The molecule has 0 saturated carbocycles. The van der Waals surface area contributed by atoms with Gasteiger partial charge in [0.2, 0.25) is 0 Å². The molecule has 2 aromatic carbocycles. The Bertz CT molecular complexity index is 1100. The van der Waals surface area contributed by atoms with Crippen LogP contribution in [-0.2, 0) is 11.3 Å². The molecule has 2 heterocycles. The second-order valence-electron chi connectivity index (χ2n) is 8.17. The van der Waals surface area contributed by atoms with E-state index in [1.54, 1.807) is 19.2 Å². The molecule has 1 fully saturated rings. The SMILES string of the molecule is COc1cccc([C@@H](CN2CCN(C(=O)c3ccc(Cl)nc3)CC2)OCc2cccc(Cl)c2)c1. The highest BCUT2D eigenvalue weighted by Gasteiger charge is 2.25. The van der Waals surface area contributed by atoms with Crippen molar-refractivity contribution in [3.8, 4) is 5.75 Å². The summed E-state index contributed by atoms with van der Waals surface area (Å²) in [5.74, 6) is 0.770. The lowest BCUT2D eigenvalue weighted by Gasteiger charge is -2.36. The average Bonchev–Trinajstić information content (AvgIpc) is 2.87. The van der Waals surface area contributed by atoms with Crippen LogP contribution in [0.3, 0.4) is 0 Å². The van der Waals surface area contributed by atoms with E-state index in [2.05, 4.69) is 16.0 Å². The lowest BCUT2D eigenvalue weighted by atomic mass is 10.1. The molecule has 1 aliphatic rings. The fourth-order valence-electron chi connectivity index (χ4n) is 3.97. The molecular formula is C26H27Cl2N3O3. The van der Waals surface area contributed by atoms with Crippen molar-refractivity contribution in [1.29, 1.82) is 0 Å². The molecule has 0 N–H and O–H groups in total. The maximum absolute atomic E-state index is 12.8. The molecule has 1 amide bonds. The van der Waals surface area contributed by atoms with Gasteiger partial charge in [0, 0.05) is 43.9 Å². The van der Waals surface area contributed by atoms with Crippen molar-refractivity contribution in [3.05, 3.63) is 93.7 Å². The molecule has 4 rings (SSSR count). The molecule has 178 valence electrons. The number of halogens is 2. The molecule has 1 aliphatic heterocycles. The summed E-state index contributed by atoms with van der Waals surface area (Å²) in [6.45, 7) is 3.95. The Hall–Kier alpha value is -2.64. The Kier molecular flexibility index (Phi) is 8.40. The zero-order valence-corrected chi connectivity index (χ0v) is 20.5. The van der Waals surface area contributed by atoms with Gasteiger partial charge in [-0.1, -0.05) is 47.5 Å². The smallest absolute Gasteiger partial charge is 0.255 e. The van der Waals surface area contributed by atoms with E-state index in [0.29, 0.717) is 42.0 Å². The van der Waals surface area contributed by atoms with Crippen LogP contribution in [0.25, 0.3) is 0 Å². The number of benzene rings is 2. The van der Waals surface area contributed by atoms with Crippen LogP contribution in [0.2, 0.25) is 10.2 Å². The number of hydrogen-bond acceptors (Lipinski definition) is 5. The number of hydrogen-bond donors (Lipinski definition) is 0. The number of pyridine rings is 1. The monoisotopic (exact) mass is 499 g/mol. The summed E-state index contributed by atoms with van der Waals surface area (Å²) in [4.78, 5) is 21.0. The normalized spacial score (nSPS) is 15.2. The maximum atomic E-state index is 12.8. The molecule has 8 heteroatoms. The second-order valence-corrected chi connectivity index (χ2v) is 8.99. The quantitative estimate of drug-likeness (QED) is 0.403. The van der Waals surface area contributed by atoms with Crippen LogP contribution in [-0.4, -0.2) is 60.5 Å². The summed E-state index contributed by atoms with van der Waals surface area (Å²) in [7, 11) is 1.66. The molecule has 1 aromatic heterocycles. The van der Waals surface area contributed by atoms with Crippen LogP contribution >= 0.6 is 23.2 Å². The lowest BCUT2D eigenvalue weighted by molar-refractivity contribution is 0.00333. The third kappa shape index (κ3) is 6.48. The van der Waals surface area contributed by atoms with Crippen molar-refractivity contribution >= 4 is 29.1 Å². The van der Waals surface area contributed by atoms with E-state index in [1.807, 2.05) is 47.4 Å². The standard InChI is InChI=1S/C26H27Cl2N3O3/c1-33-23-7-3-5-20(15-23)24(34-18-19-4-2-6-22(27)14-19)17-30-10-12-31(13-11-30)26(32)21-8-9-25(28)29-16-21/h2-9,14-16,24H,10-13,17-18H2,1H3/t24-/m1/s1. The Morgan fingerprint density at radius 2 is 1.82 bits per heavy atom. The number of aromatic nitrogens is 1. The van der Waals surface area contributed by atoms with Crippen molar-refractivity contribution in [2.45, 2.75) is 12.7 Å². The average molecular weight is 500 g/mol. The van der Waals surface area contributed by atoms with E-state index >= 15 is 0 Å². The van der Waals surface area contributed by atoms with Gasteiger partial charge in [0.15, 0.2) is 0 Å². The van der Waals surface area contributed by atoms with Gasteiger partial charge in [0.1, 0.15) is 10.9 Å². The van der Waals surface area contributed by atoms with Crippen molar-refractivity contribution in [3.63, 3.8) is 0 Å². The first-order valence-corrected chi connectivity index (χ1v) is 11.9. The maximum Gasteiger partial charge on any atom is 0.255 e. The fourth-order valence-corrected chi connectivity index (χ4v) is 4.30. The number of carbonyl (C=O) groups excluding carboxylic acids is 1. The molecule has 0 aliphatic carbocycles. The van der Waals surface area contributed by atoms with E-state index in [1.165, 1.54) is 6.20 Å². The van der Waals surface area contributed by atoms with Gasteiger partial charge in [-0.3, -0.25) is 9.69 Å². The summed E-state index contributed by atoms with van der Waals surface area (Å²) < 4.78 is 11.8. The van der Waals surface area contributed by atoms with Gasteiger partial charge >= 0.3 is 0 Å². The molecule has 3 aromatic rings. The molecule has 0 radical (unpaired) electrons. The Morgan fingerprint density at radius 3 is 2.53 bits per heavy atom. The molecule has 0 bridgehead atoms. The minimum Gasteiger partial charge on any atom is -0.497 e. The summed E-state index contributed by atoms with van der Waals surface area (Å²) in [5.41, 5.74) is 2.62. The minimum atomic E-state index is -0.156. The topological polar surface area (TPSA) is 54.9 Å². The van der Waals surface area contributed by atoms with Crippen LogP contribution in [0.15, 0.2) is 66.9 Å². The van der Waals surface area contributed by atoms with Crippen molar-refractivity contribution in [1.82, 2.24) is 14.8 Å². The third-order valence-electron chi connectivity index (χ3n) is 5.86. The van der Waals surface area contributed by atoms with Gasteiger partial charge in [-0.25, -0.2) is 4.98 Å². The number of amides is 1. The van der Waals surface area contributed by atoms with Gasteiger partial charge in [0.05, 0.1) is 25.4 Å². The summed E-state index contributed by atoms with van der Waals surface area (Å²) in [6.07, 6.45) is 1.37. The zero-order chi connectivity index (χ0) is 23.9. The molecule has 1 atom stereocenters. The minimum absolute atomic E-state index is 0.0228. The van der Waals surface area contributed by atoms with Gasteiger partial charge in [-0.05, 0) is 47.5 Å². The summed E-state index contributed by atoms with van der Waals surface area (Å²) >= 11 is 12.0. The summed E-state index contributed by atoms with van der Waals surface area (Å²) in [6, 6.07) is 19.0. The molecule has 0 spiro atoms.